The lowest BCUT2D eigenvalue weighted by atomic mass is 10.1. The molecule has 0 radical (unpaired) electrons. The molecule has 2 aromatic carbocycles. The summed E-state index contributed by atoms with van der Waals surface area (Å²) in [4.78, 5) is 12.8. The van der Waals surface area contributed by atoms with Gasteiger partial charge in [0.1, 0.15) is 5.75 Å². The van der Waals surface area contributed by atoms with Crippen LogP contribution in [0.4, 0.5) is 13.6 Å². The summed E-state index contributed by atoms with van der Waals surface area (Å²) in [7, 11) is -4.21. The van der Waals surface area contributed by atoms with E-state index in [9.17, 15) is 27.1 Å². The van der Waals surface area contributed by atoms with Crippen LogP contribution in [0.25, 0.3) is 10.9 Å². The molecule has 0 unspecified atom stereocenters. The first-order chi connectivity index (χ1) is 14.8. The van der Waals surface area contributed by atoms with Crippen molar-refractivity contribution in [3.8, 4) is 5.75 Å². The second-order valence-corrected chi connectivity index (χ2v) is 10.7. The van der Waals surface area contributed by atoms with Gasteiger partial charge in [0, 0.05) is 27.7 Å². The first-order valence-corrected chi connectivity index (χ1v) is 11.6. The first kappa shape index (κ1) is 24.0. The fourth-order valence-corrected chi connectivity index (χ4v) is 5.02. The molecular weight excluding hydrogens is 510 g/mol. The smallest absolute Gasteiger partial charge is 0.408 e. The van der Waals surface area contributed by atoms with E-state index in [1.807, 2.05) is 0 Å². The highest BCUT2D eigenvalue weighted by molar-refractivity contribution is 9.10. The molecule has 0 aliphatic carbocycles. The SMILES string of the molecule is CC(C)(C)N(Cc1cn(S(=O)(=O)c2cccc(OC(F)F)c2)c2cc(Br)ccc12)C(=O)O. The molecule has 7 nitrogen and oxygen atoms in total. The summed E-state index contributed by atoms with van der Waals surface area (Å²) in [6.07, 6.45) is 0.213. The van der Waals surface area contributed by atoms with Crippen LogP contribution in [0.1, 0.15) is 26.3 Å². The van der Waals surface area contributed by atoms with E-state index >= 15 is 0 Å². The minimum absolute atomic E-state index is 0.0476. The monoisotopic (exact) mass is 530 g/mol. The number of carbonyl (C=O) groups is 1. The van der Waals surface area contributed by atoms with Crippen LogP contribution in [0.5, 0.6) is 5.75 Å². The number of carboxylic acid groups (broad SMARTS) is 1. The maximum atomic E-state index is 13.4. The Hall–Kier alpha value is -2.66. The molecule has 172 valence electrons. The third kappa shape index (κ3) is 4.88. The van der Waals surface area contributed by atoms with Gasteiger partial charge in [-0.05, 0) is 50.6 Å². The van der Waals surface area contributed by atoms with Crippen LogP contribution in [0.2, 0.25) is 0 Å². The molecule has 3 rings (SSSR count). The van der Waals surface area contributed by atoms with E-state index in [0.29, 0.717) is 20.9 Å². The average molecular weight is 531 g/mol. The van der Waals surface area contributed by atoms with Crippen molar-refractivity contribution in [3.05, 3.63) is 58.7 Å². The highest BCUT2D eigenvalue weighted by Crippen LogP contribution is 2.31. The number of aromatic nitrogens is 1. The van der Waals surface area contributed by atoms with E-state index in [4.69, 9.17) is 0 Å². The molecule has 3 aromatic rings. The van der Waals surface area contributed by atoms with E-state index < -0.39 is 28.3 Å². The summed E-state index contributed by atoms with van der Waals surface area (Å²) in [6.45, 7) is 2.07. The van der Waals surface area contributed by atoms with Gasteiger partial charge in [0.05, 0.1) is 17.0 Å². The van der Waals surface area contributed by atoms with E-state index in [2.05, 4.69) is 20.7 Å². The third-order valence-electron chi connectivity index (χ3n) is 4.77. The van der Waals surface area contributed by atoms with Gasteiger partial charge in [-0.25, -0.2) is 17.2 Å². The second kappa shape index (κ2) is 8.70. The van der Waals surface area contributed by atoms with Gasteiger partial charge in [-0.15, -0.1) is 0 Å². The summed E-state index contributed by atoms with van der Waals surface area (Å²) < 4.78 is 57.9. The minimum atomic E-state index is -4.21. The van der Waals surface area contributed by atoms with Crippen molar-refractivity contribution in [1.29, 1.82) is 0 Å². The molecule has 11 heteroatoms. The summed E-state index contributed by atoms with van der Waals surface area (Å²) in [5.41, 5.74) is 0.0669. The number of fused-ring (bicyclic) bond motifs is 1. The van der Waals surface area contributed by atoms with Crippen molar-refractivity contribution in [2.24, 2.45) is 0 Å². The highest BCUT2D eigenvalue weighted by atomic mass is 79.9. The average Bonchev–Trinajstić information content (AvgIpc) is 3.03. The van der Waals surface area contributed by atoms with Gasteiger partial charge in [-0.2, -0.15) is 8.78 Å². The molecule has 1 heterocycles. The Morgan fingerprint density at radius 3 is 2.50 bits per heavy atom. The third-order valence-corrected chi connectivity index (χ3v) is 6.94. The number of rotatable bonds is 6. The van der Waals surface area contributed by atoms with Crippen LogP contribution in [0.3, 0.4) is 0 Å². The van der Waals surface area contributed by atoms with E-state index in [-0.39, 0.29) is 17.2 Å². The standard InChI is InChI=1S/C21H21BrF2N2O5S/c1-21(2,3)25(20(27)28)11-13-12-26(18-9-14(22)7-8-17(13)18)32(29,30)16-6-4-5-15(10-16)31-19(23)24/h4-10,12,19H,11H2,1-3H3,(H,27,28). The molecule has 0 fully saturated rings. The molecule has 0 saturated heterocycles. The summed E-state index contributed by atoms with van der Waals surface area (Å²) in [5.74, 6) is -0.288. The Bertz CT molecular complexity index is 1270. The number of hydrogen-bond donors (Lipinski definition) is 1. The lowest BCUT2D eigenvalue weighted by Crippen LogP contribution is -2.44. The summed E-state index contributed by atoms with van der Waals surface area (Å²) >= 11 is 3.33. The zero-order chi connectivity index (χ0) is 23.8. The summed E-state index contributed by atoms with van der Waals surface area (Å²) in [6, 6.07) is 9.84. The largest absolute Gasteiger partial charge is 0.465 e. The topological polar surface area (TPSA) is 88.8 Å². The van der Waals surface area contributed by atoms with Crippen LogP contribution < -0.4 is 4.74 Å². The van der Waals surface area contributed by atoms with E-state index in [1.54, 1.807) is 39.0 Å². The van der Waals surface area contributed by atoms with Crippen molar-refractivity contribution in [2.45, 2.75) is 44.4 Å². The Balaban J connectivity index is 2.17. The molecule has 32 heavy (non-hydrogen) atoms. The Kier molecular flexibility index (Phi) is 6.52. The lowest BCUT2D eigenvalue weighted by Gasteiger charge is -2.33. The summed E-state index contributed by atoms with van der Waals surface area (Å²) in [5, 5.41) is 10.2. The predicted molar refractivity (Wildman–Crippen MR) is 119 cm³/mol. The Labute approximate surface area is 192 Å². The maximum Gasteiger partial charge on any atom is 0.408 e. The quantitative estimate of drug-likeness (QED) is 0.453. The van der Waals surface area contributed by atoms with Crippen molar-refractivity contribution >= 4 is 42.9 Å². The number of alkyl halides is 2. The molecule has 1 amide bonds. The Morgan fingerprint density at radius 2 is 1.91 bits per heavy atom. The number of ether oxygens (including phenoxy) is 1. The van der Waals surface area contributed by atoms with Crippen LogP contribution >= 0.6 is 15.9 Å². The zero-order valence-electron chi connectivity index (χ0n) is 17.4. The van der Waals surface area contributed by atoms with Gasteiger partial charge < -0.3 is 9.84 Å². The molecule has 0 aliphatic heterocycles. The molecule has 1 N–H and O–H groups in total. The van der Waals surface area contributed by atoms with Crippen molar-refractivity contribution < 1.29 is 31.8 Å². The minimum Gasteiger partial charge on any atom is -0.465 e. The number of hydrogen-bond acceptors (Lipinski definition) is 4. The second-order valence-electron chi connectivity index (χ2n) is 8.01. The molecule has 1 aromatic heterocycles. The number of halogens is 3. The van der Waals surface area contributed by atoms with E-state index in [0.717, 1.165) is 10.0 Å². The predicted octanol–water partition coefficient (Wildman–Crippen LogP) is 5.52. The lowest BCUT2D eigenvalue weighted by molar-refractivity contribution is -0.0500. The van der Waals surface area contributed by atoms with E-state index in [1.165, 1.54) is 29.3 Å². The van der Waals surface area contributed by atoms with Crippen LogP contribution in [0, 0.1) is 0 Å². The normalized spacial score (nSPS) is 12.3. The van der Waals surface area contributed by atoms with Crippen molar-refractivity contribution in [1.82, 2.24) is 8.87 Å². The van der Waals surface area contributed by atoms with Crippen LogP contribution in [-0.4, -0.2) is 40.6 Å². The van der Waals surface area contributed by atoms with Gasteiger partial charge in [0.2, 0.25) is 0 Å². The van der Waals surface area contributed by atoms with Gasteiger partial charge in [0.25, 0.3) is 10.0 Å². The van der Waals surface area contributed by atoms with Crippen molar-refractivity contribution in [2.75, 3.05) is 0 Å². The van der Waals surface area contributed by atoms with Gasteiger partial charge in [-0.1, -0.05) is 28.1 Å². The molecule has 0 atom stereocenters. The van der Waals surface area contributed by atoms with Crippen molar-refractivity contribution in [3.63, 3.8) is 0 Å². The fraction of sp³-hybridized carbons (Fsp3) is 0.286. The fourth-order valence-electron chi connectivity index (χ4n) is 3.25. The number of benzene rings is 2. The Morgan fingerprint density at radius 1 is 1.22 bits per heavy atom. The van der Waals surface area contributed by atoms with Crippen LogP contribution in [-0.2, 0) is 16.6 Å². The zero-order valence-corrected chi connectivity index (χ0v) is 19.8. The van der Waals surface area contributed by atoms with Crippen LogP contribution in [0.15, 0.2) is 58.0 Å². The molecule has 0 spiro atoms. The first-order valence-electron chi connectivity index (χ1n) is 9.41. The van der Waals surface area contributed by atoms with Gasteiger partial charge in [0.15, 0.2) is 0 Å². The number of amides is 1. The van der Waals surface area contributed by atoms with Gasteiger partial charge >= 0.3 is 12.7 Å². The molecular formula is C21H21BrF2N2O5S. The maximum absolute atomic E-state index is 13.4. The molecule has 0 saturated carbocycles. The highest BCUT2D eigenvalue weighted by Gasteiger charge is 2.29. The molecule has 0 bridgehead atoms. The van der Waals surface area contributed by atoms with Gasteiger partial charge in [-0.3, -0.25) is 4.90 Å². The number of nitrogens with zero attached hydrogens (tertiary/aromatic N) is 2. The molecule has 0 aliphatic rings.